The molecule has 0 aliphatic rings. The summed E-state index contributed by atoms with van der Waals surface area (Å²) in [6, 6.07) is 3.28. The summed E-state index contributed by atoms with van der Waals surface area (Å²) in [6.07, 6.45) is 0. The van der Waals surface area contributed by atoms with E-state index in [9.17, 15) is 24.8 Å². The first-order valence-electron chi connectivity index (χ1n) is 4.06. The van der Waals surface area contributed by atoms with Crippen molar-refractivity contribution >= 4 is 17.6 Å². The van der Waals surface area contributed by atoms with Gasteiger partial charge in [0.25, 0.3) is 5.69 Å². The van der Waals surface area contributed by atoms with Gasteiger partial charge in [-0.05, 0) is 6.07 Å². The Morgan fingerprint density at radius 1 is 1.35 bits per heavy atom. The fourth-order valence-electron chi connectivity index (χ4n) is 1.19. The van der Waals surface area contributed by atoms with E-state index in [1.807, 2.05) is 0 Å². The van der Waals surface area contributed by atoms with Gasteiger partial charge >= 0.3 is 35.5 Å². The molecular weight excluding hydrogens is 241 g/mol. The van der Waals surface area contributed by atoms with Gasteiger partial charge in [0.2, 0.25) is 0 Å². The van der Waals surface area contributed by atoms with Crippen LogP contribution in [0.25, 0.3) is 0 Å². The number of nitrogens with zero attached hydrogens (tertiary/aromatic N) is 1. The van der Waals surface area contributed by atoms with Gasteiger partial charge in [0.1, 0.15) is 0 Å². The van der Waals surface area contributed by atoms with Crippen LogP contribution in [0.15, 0.2) is 18.2 Å². The summed E-state index contributed by atoms with van der Waals surface area (Å²) in [7, 11) is 1.04. The second kappa shape index (κ2) is 6.33. The molecule has 8 heteroatoms. The zero-order valence-electron chi connectivity index (χ0n) is 9.13. The molecule has 0 amide bonds. The van der Waals surface area contributed by atoms with Crippen LogP contribution in [-0.2, 0) is 4.74 Å². The molecule has 17 heavy (non-hydrogen) atoms. The van der Waals surface area contributed by atoms with Crippen LogP contribution < -0.4 is 34.7 Å². The average molecular weight is 247 g/mol. The summed E-state index contributed by atoms with van der Waals surface area (Å²) < 4.78 is 4.31. The quantitative estimate of drug-likeness (QED) is 0.240. The fourth-order valence-corrected chi connectivity index (χ4v) is 1.19. The first kappa shape index (κ1) is 15.6. The van der Waals surface area contributed by atoms with E-state index in [0.29, 0.717) is 0 Å². The largest absolute Gasteiger partial charge is 1.00 e. The summed E-state index contributed by atoms with van der Waals surface area (Å²) in [4.78, 5) is 31.6. The van der Waals surface area contributed by atoms with Gasteiger partial charge in [-0.25, -0.2) is 4.79 Å². The Labute approximate surface area is 118 Å². The number of hydrogen-bond donors (Lipinski definition) is 0. The molecule has 84 valence electrons. The summed E-state index contributed by atoms with van der Waals surface area (Å²) in [5.41, 5.74) is -1.89. The van der Waals surface area contributed by atoms with E-state index < -0.39 is 33.7 Å². The minimum atomic E-state index is -1.80. The van der Waals surface area contributed by atoms with Crippen molar-refractivity contribution in [3.05, 3.63) is 39.4 Å². The second-order valence-electron chi connectivity index (χ2n) is 2.74. The van der Waals surface area contributed by atoms with Crippen molar-refractivity contribution < 1.29 is 53.9 Å². The number of rotatable bonds is 3. The molecule has 0 N–H and O–H groups in total. The number of nitro benzene ring substituents is 1. The molecule has 0 saturated heterocycles. The van der Waals surface area contributed by atoms with Crippen molar-refractivity contribution in [1.82, 2.24) is 0 Å². The van der Waals surface area contributed by atoms with E-state index in [1.54, 1.807) is 0 Å². The topological polar surface area (TPSA) is 110 Å². The average Bonchev–Trinajstić information content (AvgIpc) is 2.26. The third kappa shape index (κ3) is 3.26. The zero-order chi connectivity index (χ0) is 12.3. The van der Waals surface area contributed by atoms with Crippen LogP contribution in [0.4, 0.5) is 5.69 Å². The van der Waals surface area contributed by atoms with Gasteiger partial charge < -0.3 is 14.6 Å². The number of ether oxygens (including phenoxy) is 1. The van der Waals surface area contributed by atoms with Gasteiger partial charge in [-0.3, -0.25) is 10.1 Å². The molecule has 0 unspecified atom stereocenters. The predicted molar refractivity (Wildman–Crippen MR) is 48.8 cm³/mol. The molecule has 0 aromatic heterocycles. The Morgan fingerprint density at radius 3 is 2.35 bits per heavy atom. The zero-order valence-corrected chi connectivity index (χ0v) is 11.1. The van der Waals surface area contributed by atoms with Crippen LogP contribution in [0.1, 0.15) is 20.7 Å². The van der Waals surface area contributed by atoms with E-state index >= 15 is 0 Å². The van der Waals surface area contributed by atoms with Crippen LogP contribution >= 0.6 is 0 Å². The van der Waals surface area contributed by atoms with E-state index in [-0.39, 0.29) is 29.6 Å². The van der Waals surface area contributed by atoms with Gasteiger partial charge in [0, 0.05) is 6.07 Å². The Morgan fingerprint density at radius 2 is 1.94 bits per heavy atom. The molecular formula is C9H6NNaO6. The van der Waals surface area contributed by atoms with E-state index in [4.69, 9.17) is 0 Å². The smallest absolute Gasteiger partial charge is 0.545 e. The molecule has 7 nitrogen and oxygen atoms in total. The van der Waals surface area contributed by atoms with Gasteiger partial charge in [0.15, 0.2) is 0 Å². The maximum atomic E-state index is 11.2. The molecule has 0 bridgehead atoms. The number of carbonyl (C=O) groups is 2. The van der Waals surface area contributed by atoms with Gasteiger partial charge in [-0.1, -0.05) is 6.07 Å². The molecule has 0 spiro atoms. The monoisotopic (exact) mass is 247 g/mol. The summed E-state index contributed by atoms with van der Waals surface area (Å²) in [5.74, 6) is -2.77. The number of nitro groups is 1. The van der Waals surface area contributed by atoms with Crippen LogP contribution in [0.2, 0.25) is 0 Å². The van der Waals surface area contributed by atoms with Crippen LogP contribution in [0.5, 0.6) is 0 Å². The molecule has 0 fully saturated rings. The number of aromatic carboxylic acids is 1. The summed E-state index contributed by atoms with van der Waals surface area (Å²) in [6.45, 7) is 0. The van der Waals surface area contributed by atoms with E-state index in [1.165, 1.54) is 6.07 Å². The molecule has 0 saturated carbocycles. The third-order valence-electron chi connectivity index (χ3n) is 1.85. The normalized spacial score (nSPS) is 9.00. The fraction of sp³-hybridized carbons (Fsp3) is 0.111. The van der Waals surface area contributed by atoms with E-state index in [0.717, 1.165) is 19.2 Å². The molecule has 1 aromatic rings. The number of benzene rings is 1. The van der Waals surface area contributed by atoms with Crippen molar-refractivity contribution in [3.8, 4) is 0 Å². The van der Waals surface area contributed by atoms with Crippen LogP contribution in [0.3, 0.4) is 0 Å². The molecule has 0 aliphatic carbocycles. The Hall–Kier alpha value is -1.44. The Balaban J connectivity index is 0.00000256. The first-order chi connectivity index (χ1) is 7.49. The van der Waals surface area contributed by atoms with Crippen molar-refractivity contribution in [3.63, 3.8) is 0 Å². The van der Waals surface area contributed by atoms with E-state index in [2.05, 4.69) is 4.74 Å². The number of carboxylic acid groups (broad SMARTS) is 1. The minimum Gasteiger partial charge on any atom is -0.545 e. The van der Waals surface area contributed by atoms with Crippen molar-refractivity contribution in [1.29, 1.82) is 0 Å². The van der Waals surface area contributed by atoms with Gasteiger partial charge in [0.05, 0.1) is 29.1 Å². The maximum absolute atomic E-state index is 11.2. The van der Waals surface area contributed by atoms with Crippen molar-refractivity contribution in [2.24, 2.45) is 0 Å². The molecule has 1 aromatic carbocycles. The van der Waals surface area contributed by atoms with Crippen molar-refractivity contribution in [2.75, 3.05) is 7.11 Å². The molecule has 1 rings (SSSR count). The standard InChI is InChI=1S/C9H7NO6.Na/c1-16-9(13)5-3-2-4-6(10(14)15)7(5)8(11)12;/h2-4H,1H3,(H,11,12);/q;+1/p-1. The number of esters is 1. The minimum absolute atomic E-state index is 0. The van der Waals surface area contributed by atoms with Gasteiger partial charge in [-0.15, -0.1) is 0 Å². The number of methoxy groups -OCH3 is 1. The van der Waals surface area contributed by atoms with Crippen LogP contribution in [-0.4, -0.2) is 24.0 Å². The van der Waals surface area contributed by atoms with Crippen molar-refractivity contribution in [2.45, 2.75) is 0 Å². The second-order valence-corrected chi connectivity index (χ2v) is 2.74. The SMILES string of the molecule is COC(=O)c1cccc([N+](=O)[O-])c1C(=O)[O-].[Na+]. The first-order valence-corrected chi connectivity index (χ1v) is 4.06. The number of carboxylic acids is 1. The third-order valence-corrected chi connectivity index (χ3v) is 1.85. The molecule has 0 aliphatic heterocycles. The number of carbonyl (C=O) groups excluding carboxylic acids is 2. The van der Waals surface area contributed by atoms with Gasteiger partial charge in [-0.2, -0.15) is 0 Å². The van der Waals surface area contributed by atoms with Crippen LogP contribution in [0, 0.1) is 10.1 Å². The molecule has 0 heterocycles. The Kier molecular flexibility index (Phi) is 5.80. The number of hydrogen-bond acceptors (Lipinski definition) is 6. The predicted octanol–water partition coefficient (Wildman–Crippen LogP) is -3.25. The summed E-state index contributed by atoms with van der Waals surface area (Å²) in [5, 5.41) is 21.3. The molecule has 0 radical (unpaired) electrons. The maximum Gasteiger partial charge on any atom is 1.00 e. The summed E-state index contributed by atoms with van der Waals surface area (Å²) >= 11 is 0. The molecule has 0 atom stereocenters. The Bertz CT molecular complexity index is 473.